The maximum atomic E-state index is 9.91. The molecule has 1 heterocycles. The molecule has 0 fully saturated rings. The van der Waals surface area contributed by atoms with Crippen molar-refractivity contribution in [2.75, 3.05) is 0 Å². The highest BCUT2D eigenvalue weighted by molar-refractivity contribution is 5.76. The lowest BCUT2D eigenvalue weighted by atomic mass is 10.3. The molecule has 2 aromatic rings. The van der Waals surface area contributed by atoms with Gasteiger partial charge in [-0.3, -0.25) is 0 Å². The van der Waals surface area contributed by atoms with Gasteiger partial charge in [-0.2, -0.15) is 4.99 Å². The molecule has 0 aliphatic rings. The van der Waals surface area contributed by atoms with Crippen molar-refractivity contribution in [3.63, 3.8) is 0 Å². The van der Waals surface area contributed by atoms with E-state index in [0.29, 0.717) is 11.3 Å². The molecule has 0 bridgehead atoms. The molecule has 1 aromatic heterocycles. The number of carbonyl (C=O) groups excluding carboxylic acids is 1. The lowest BCUT2D eigenvalue weighted by molar-refractivity contribution is 0.565. The van der Waals surface area contributed by atoms with Crippen LogP contribution in [-0.4, -0.2) is 11.1 Å². The normalized spacial score (nSPS) is 9.67. The zero-order valence-electron chi connectivity index (χ0n) is 6.02. The molecule has 0 unspecified atom stereocenters. The molecule has 4 nitrogen and oxygen atoms in total. The third kappa shape index (κ3) is 1.00. The van der Waals surface area contributed by atoms with E-state index in [4.69, 9.17) is 4.42 Å². The topological polar surface area (TPSA) is 55.5 Å². The highest BCUT2D eigenvalue weighted by Gasteiger charge is 1.97. The average molecular weight is 160 g/mol. The van der Waals surface area contributed by atoms with Crippen LogP contribution in [0.4, 0.5) is 5.69 Å². The van der Waals surface area contributed by atoms with Crippen LogP contribution in [0.3, 0.4) is 0 Å². The Labute approximate surface area is 67.5 Å². The van der Waals surface area contributed by atoms with Crippen LogP contribution >= 0.6 is 0 Å². The van der Waals surface area contributed by atoms with Crippen LogP contribution in [0.5, 0.6) is 0 Å². The van der Waals surface area contributed by atoms with Gasteiger partial charge in [0.05, 0.1) is 5.69 Å². The van der Waals surface area contributed by atoms with Crippen molar-refractivity contribution in [3.8, 4) is 0 Å². The minimum Gasteiger partial charge on any atom is -0.443 e. The van der Waals surface area contributed by atoms with Gasteiger partial charge in [0.15, 0.2) is 12.0 Å². The van der Waals surface area contributed by atoms with Gasteiger partial charge >= 0.3 is 0 Å². The monoisotopic (exact) mass is 160 g/mol. The standard InChI is InChI=1S/C8H4N2O2/c11-4-9-6-1-2-7-8(3-6)12-5-10-7/h1-3,5H. The van der Waals surface area contributed by atoms with E-state index in [1.807, 2.05) is 0 Å². The number of isocyanates is 1. The second-order valence-corrected chi connectivity index (χ2v) is 2.21. The van der Waals surface area contributed by atoms with Crippen molar-refractivity contribution in [2.45, 2.75) is 0 Å². The van der Waals surface area contributed by atoms with Crippen LogP contribution in [0.25, 0.3) is 11.1 Å². The lowest BCUT2D eigenvalue weighted by Gasteiger charge is -1.87. The Kier molecular flexibility index (Phi) is 1.47. The van der Waals surface area contributed by atoms with Gasteiger partial charge in [-0.1, -0.05) is 0 Å². The fraction of sp³-hybridized carbons (Fsp3) is 0. The lowest BCUT2D eigenvalue weighted by Crippen LogP contribution is -1.66. The molecular weight excluding hydrogens is 156 g/mol. The van der Waals surface area contributed by atoms with Gasteiger partial charge in [-0.15, -0.1) is 0 Å². The van der Waals surface area contributed by atoms with Crippen LogP contribution < -0.4 is 0 Å². The smallest absolute Gasteiger partial charge is 0.240 e. The minimum absolute atomic E-state index is 0.522. The summed E-state index contributed by atoms with van der Waals surface area (Å²) in [5.74, 6) is 0. The molecule has 0 atom stereocenters. The van der Waals surface area contributed by atoms with Crippen molar-refractivity contribution in [1.29, 1.82) is 0 Å². The molecule has 0 N–H and O–H groups in total. The summed E-state index contributed by atoms with van der Waals surface area (Å²) in [5.41, 5.74) is 1.89. The summed E-state index contributed by atoms with van der Waals surface area (Å²) in [7, 11) is 0. The number of rotatable bonds is 1. The molecule has 0 saturated heterocycles. The minimum atomic E-state index is 0.522. The van der Waals surface area contributed by atoms with Gasteiger partial charge < -0.3 is 4.42 Å². The predicted octanol–water partition coefficient (Wildman–Crippen LogP) is 1.80. The Morgan fingerprint density at radius 3 is 3.25 bits per heavy atom. The van der Waals surface area contributed by atoms with Crippen LogP contribution in [0.1, 0.15) is 0 Å². The molecular formula is C8H4N2O2. The summed E-state index contributed by atoms with van der Waals surface area (Å²) in [6.07, 6.45) is 2.80. The number of hydrogen-bond donors (Lipinski definition) is 0. The molecule has 1 aromatic carbocycles. The number of nitrogens with zero attached hydrogens (tertiary/aromatic N) is 2. The fourth-order valence-corrected chi connectivity index (χ4v) is 0.966. The van der Waals surface area contributed by atoms with Crippen molar-refractivity contribution in [1.82, 2.24) is 4.98 Å². The number of benzene rings is 1. The summed E-state index contributed by atoms with van der Waals surface area (Å²) >= 11 is 0. The number of oxazole rings is 1. The molecule has 12 heavy (non-hydrogen) atoms. The molecule has 0 saturated carbocycles. The van der Waals surface area contributed by atoms with E-state index in [9.17, 15) is 4.79 Å². The first-order valence-electron chi connectivity index (χ1n) is 3.31. The molecule has 0 spiro atoms. The van der Waals surface area contributed by atoms with E-state index in [1.165, 1.54) is 12.5 Å². The van der Waals surface area contributed by atoms with Crippen LogP contribution in [0.15, 0.2) is 34.0 Å². The van der Waals surface area contributed by atoms with E-state index < -0.39 is 0 Å². The first kappa shape index (κ1) is 6.76. The number of aromatic nitrogens is 1. The number of hydrogen-bond acceptors (Lipinski definition) is 4. The summed E-state index contributed by atoms with van der Waals surface area (Å²) in [4.78, 5) is 17.3. The van der Waals surface area contributed by atoms with E-state index in [-0.39, 0.29) is 0 Å². The Bertz CT molecular complexity index is 455. The molecule has 0 radical (unpaired) electrons. The number of aliphatic imine (C=N–C) groups is 1. The average Bonchev–Trinajstić information content (AvgIpc) is 2.51. The third-order valence-corrected chi connectivity index (χ3v) is 1.49. The van der Waals surface area contributed by atoms with Gasteiger partial charge in [-0.05, 0) is 12.1 Å². The second-order valence-electron chi connectivity index (χ2n) is 2.21. The molecule has 0 amide bonds. The third-order valence-electron chi connectivity index (χ3n) is 1.49. The van der Waals surface area contributed by atoms with Gasteiger partial charge in [0.25, 0.3) is 0 Å². The van der Waals surface area contributed by atoms with Crippen molar-refractivity contribution >= 4 is 22.9 Å². The predicted molar refractivity (Wildman–Crippen MR) is 41.8 cm³/mol. The molecule has 0 aliphatic heterocycles. The zero-order valence-corrected chi connectivity index (χ0v) is 6.02. The molecule has 4 heteroatoms. The first-order valence-corrected chi connectivity index (χ1v) is 3.31. The summed E-state index contributed by atoms with van der Waals surface area (Å²) in [6.45, 7) is 0. The molecule has 58 valence electrons. The van der Waals surface area contributed by atoms with Crippen molar-refractivity contribution in [2.24, 2.45) is 4.99 Å². The highest BCUT2D eigenvalue weighted by Crippen LogP contribution is 2.19. The van der Waals surface area contributed by atoms with Crippen LogP contribution in [0.2, 0.25) is 0 Å². The Morgan fingerprint density at radius 1 is 1.50 bits per heavy atom. The van der Waals surface area contributed by atoms with Crippen molar-refractivity contribution < 1.29 is 9.21 Å². The van der Waals surface area contributed by atoms with E-state index in [2.05, 4.69) is 9.98 Å². The maximum absolute atomic E-state index is 9.91. The van der Waals surface area contributed by atoms with Crippen LogP contribution in [-0.2, 0) is 4.79 Å². The Balaban J connectivity index is 2.67. The van der Waals surface area contributed by atoms with Crippen molar-refractivity contribution in [3.05, 3.63) is 24.6 Å². The molecule has 2 rings (SSSR count). The largest absolute Gasteiger partial charge is 0.443 e. The molecule has 0 aliphatic carbocycles. The summed E-state index contributed by atoms with van der Waals surface area (Å²) < 4.78 is 5.00. The summed E-state index contributed by atoms with van der Waals surface area (Å²) in [5, 5.41) is 0. The van der Waals surface area contributed by atoms with Gasteiger partial charge in [0.1, 0.15) is 5.52 Å². The van der Waals surface area contributed by atoms with E-state index >= 15 is 0 Å². The second kappa shape index (κ2) is 2.60. The first-order chi connectivity index (χ1) is 5.90. The van der Waals surface area contributed by atoms with Gasteiger partial charge in [0, 0.05) is 6.07 Å². The summed E-state index contributed by atoms with van der Waals surface area (Å²) in [6, 6.07) is 5.04. The van der Waals surface area contributed by atoms with Gasteiger partial charge in [0.2, 0.25) is 6.08 Å². The van der Waals surface area contributed by atoms with Crippen LogP contribution in [0, 0.1) is 0 Å². The Hall–Kier alpha value is -1.93. The zero-order chi connectivity index (χ0) is 8.39. The highest BCUT2D eigenvalue weighted by atomic mass is 16.3. The van der Waals surface area contributed by atoms with E-state index in [0.717, 1.165) is 5.52 Å². The fourth-order valence-electron chi connectivity index (χ4n) is 0.966. The Morgan fingerprint density at radius 2 is 2.42 bits per heavy atom. The van der Waals surface area contributed by atoms with Gasteiger partial charge in [-0.25, -0.2) is 9.78 Å². The maximum Gasteiger partial charge on any atom is 0.240 e. The number of fused-ring (bicyclic) bond motifs is 1. The quantitative estimate of drug-likeness (QED) is 0.472. The SMILES string of the molecule is O=C=Nc1ccc2ncoc2c1. The van der Waals surface area contributed by atoms with E-state index in [1.54, 1.807) is 18.2 Å².